The molecule has 0 bridgehead atoms. The number of carbonyl (C=O) groups excluding carboxylic acids is 2. The normalized spacial score (nSPS) is 26.8. The van der Waals surface area contributed by atoms with E-state index in [1.54, 1.807) is 0 Å². The molecule has 0 heterocycles. The summed E-state index contributed by atoms with van der Waals surface area (Å²) in [6, 6.07) is 0. The first-order valence-electron chi connectivity index (χ1n) is 8.96. The Balaban J connectivity index is 2.57. The molecule has 0 spiro atoms. The van der Waals surface area contributed by atoms with Gasteiger partial charge in [0.05, 0.1) is 0 Å². The fourth-order valence-corrected chi connectivity index (χ4v) is 3.07. The van der Waals surface area contributed by atoms with E-state index in [9.17, 15) is 9.59 Å². The molecule has 0 aliphatic heterocycles. The third-order valence-electron chi connectivity index (χ3n) is 4.66. The number of hydrogen-bond donors (Lipinski definition) is 0. The Kier molecular flexibility index (Phi) is 9.77. The first-order valence-corrected chi connectivity index (χ1v) is 8.96. The van der Waals surface area contributed by atoms with Gasteiger partial charge < -0.3 is 0 Å². The highest BCUT2D eigenvalue weighted by molar-refractivity contribution is 5.83. The molecule has 2 heteroatoms. The Labute approximate surface area is 136 Å². The van der Waals surface area contributed by atoms with Crippen LogP contribution in [0.3, 0.4) is 0 Å². The van der Waals surface area contributed by atoms with Crippen LogP contribution < -0.4 is 0 Å². The highest BCUT2D eigenvalue weighted by Crippen LogP contribution is 2.20. The molecule has 0 amide bonds. The van der Waals surface area contributed by atoms with Crippen LogP contribution >= 0.6 is 0 Å². The van der Waals surface area contributed by atoms with Gasteiger partial charge in [-0.1, -0.05) is 38.0 Å². The van der Waals surface area contributed by atoms with Crippen molar-refractivity contribution < 1.29 is 9.59 Å². The molecule has 2 nitrogen and oxygen atoms in total. The van der Waals surface area contributed by atoms with E-state index in [2.05, 4.69) is 18.7 Å². The second-order valence-corrected chi connectivity index (χ2v) is 6.60. The molecule has 0 saturated heterocycles. The van der Waals surface area contributed by atoms with Crippen LogP contribution in [-0.4, -0.2) is 11.6 Å². The summed E-state index contributed by atoms with van der Waals surface area (Å²) < 4.78 is 0. The molecule has 2 unspecified atom stereocenters. The van der Waals surface area contributed by atoms with Gasteiger partial charge >= 0.3 is 0 Å². The maximum atomic E-state index is 12.3. The summed E-state index contributed by atoms with van der Waals surface area (Å²) >= 11 is 0. The van der Waals surface area contributed by atoms with Crippen molar-refractivity contribution in [3.8, 4) is 0 Å². The summed E-state index contributed by atoms with van der Waals surface area (Å²) in [7, 11) is 0. The molecule has 0 saturated carbocycles. The SMILES string of the molecule is C=CCC1CCCCCC=CCCC(C)C(=O)CCCC1=O. The van der Waals surface area contributed by atoms with E-state index in [-0.39, 0.29) is 11.8 Å². The maximum Gasteiger partial charge on any atom is 0.136 e. The molecule has 1 aliphatic rings. The van der Waals surface area contributed by atoms with E-state index in [1.165, 1.54) is 12.8 Å². The number of carbonyl (C=O) groups is 2. The minimum absolute atomic E-state index is 0.119. The maximum absolute atomic E-state index is 12.3. The van der Waals surface area contributed by atoms with Crippen LogP contribution in [0.15, 0.2) is 24.8 Å². The lowest BCUT2D eigenvalue weighted by atomic mass is 9.89. The van der Waals surface area contributed by atoms with Crippen molar-refractivity contribution in [2.75, 3.05) is 0 Å². The van der Waals surface area contributed by atoms with E-state index < -0.39 is 0 Å². The molecular weight excluding hydrogens is 272 g/mol. The van der Waals surface area contributed by atoms with Crippen LogP contribution in [-0.2, 0) is 9.59 Å². The average molecular weight is 304 g/mol. The molecule has 0 aromatic rings. The molecule has 1 rings (SSSR count). The Morgan fingerprint density at radius 1 is 1.00 bits per heavy atom. The van der Waals surface area contributed by atoms with Crippen molar-refractivity contribution >= 4 is 11.6 Å². The average Bonchev–Trinajstić information content (AvgIpc) is 2.50. The van der Waals surface area contributed by atoms with E-state index >= 15 is 0 Å². The molecule has 22 heavy (non-hydrogen) atoms. The van der Waals surface area contributed by atoms with Crippen molar-refractivity contribution in [1.29, 1.82) is 0 Å². The van der Waals surface area contributed by atoms with E-state index in [1.807, 2.05) is 13.0 Å². The monoisotopic (exact) mass is 304 g/mol. The standard InChI is InChI=1S/C20H32O2/c1-3-12-18-14-10-8-6-4-5-7-9-13-17(2)19(21)15-11-16-20(18)22/h3,5,7,17-18H,1,4,6,8-16H2,2H3. The molecular formula is C20H32O2. The third-order valence-corrected chi connectivity index (χ3v) is 4.66. The van der Waals surface area contributed by atoms with Crippen molar-refractivity contribution in [2.24, 2.45) is 11.8 Å². The molecule has 0 aromatic heterocycles. The smallest absolute Gasteiger partial charge is 0.136 e. The van der Waals surface area contributed by atoms with Gasteiger partial charge in [-0.2, -0.15) is 0 Å². The van der Waals surface area contributed by atoms with E-state index in [0.29, 0.717) is 30.8 Å². The third kappa shape index (κ3) is 7.72. The van der Waals surface area contributed by atoms with Gasteiger partial charge in [-0.3, -0.25) is 9.59 Å². The van der Waals surface area contributed by atoms with Gasteiger partial charge in [-0.05, 0) is 44.9 Å². The van der Waals surface area contributed by atoms with Crippen LogP contribution in [0.4, 0.5) is 0 Å². The van der Waals surface area contributed by atoms with Crippen molar-refractivity contribution in [3.05, 3.63) is 24.8 Å². The van der Waals surface area contributed by atoms with Crippen LogP contribution in [0.25, 0.3) is 0 Å². The Morgan fingerprint density at radius 2 is 1.73 bits per heavy atom. The van der Waals surface area contributed by atoms with Gasteiger partial charge in [0, 0.05) is 24.7 Å². The second-order valence-electron chi connectivity index (χ2n) is 6.60. The predicted octanol–water partition coefficient (Wildman–Crippen LogP) is 5.42. The first kappa shape index (κ1) is 18.9. The zero-order valence-electron chi connectivity index (χ0n) is 14.2. The first-order chi connectivity index (χ1) is 10.6. The number of Topliss-reactive ketones (excluding diaryl/α,β-unsaturated/α-hetero) is 2. The number of rotatable bonds is 2. The molecule has 2 atom stereocenters. The zero-order chi connectivity index (χ0) is 16.2. The van der Waals surface area contributed by atoms with Gasteiger partial charge in [0.25, 0.3) is 0 Å². The minimum atomic E-state index is 0.119. The quantitative estimate of drug-likeness (QED) is 0.638. The highest BCUT2D eigenvalue weighted by atomic mass is 16.1. The number of allylic oxidation sites excluding steroid dienone is 3. The van der Waals surface area contributed by atoms with Gasteiger partial charge in [0.15, 0.2) is 0 Å². The van der Waals surface area contributed by atoms with Crippen molar-refractivity contribution in [3.63, 3.8) is 0 Å². The Hall–Kier alpha value is -1.18. The Bertz CT molecular complexity index is 381. The van der Waals surface area contributed by atoms with E-state index in [4.69, 9.17) is 0 Å². The predicted molar refractivity (Wildman–Crippen MR) is 92.8 cm³/mol. The van der Waals surface area contributed by atoms with Crippen LogP contribution in [0.2, 0.25) is 0 Å². The van der Waals surface area contributed by atoms with Gasteiger partial charge in [-0.25, -0.2) is 0 Å². The topological polar surface area (TPSA) is 34.1 Å². The van der Waals surface area contributed by atoms with Gasteiger partial charge in [-0.15, -0.1) is 6.58 Å². The van der Waals surface area contributed by atoms with Crippen LogP contribution in [0, 0.1) is 11.8 Å². The van der Waals surface area contributed by atoms with Gasteiger partial charge in [0.2, 0.25) is 0 Å². The molecule has 1 aliphatic carbocycles. The summed E-state index contributed by atoms with van der Waals surface area (Å²) in [4.78, 5) is 24.4. The molecule has 0 fully saturated rings. The largest absolute Gasteiger partial charge is 0.299 e. The van der Waals surface area contributed by atoms with Gasteiger partial charge in [0.1, 0.15) is 11.6 Å². The van der Waals surface area contributed by atoms with E-state index in [0.717, 1.165) is 38.5 Å². The lowest BCUT2D eigenvalue weighted by Gasteiger charge is -2.14. The zero-order valence-corrected chi connectivity index (χ0v) is 14.2. The molecule has 0 aromatic carbocycles. The lowest BCUT2D eigenvalue weighted by molar-refractivity contribution is -0.124. The Morgan fingerprint density at radius 3 is 2.50 bits per heavy atom. The summed E-state index contributed by atoms with van der Waals surface area (Å²) in [5, 5.41) is 0. The molecule has 0 N–H and O–H groups in total. The van der Waals surface area contributed by atoms with Crippen LogP contribution in [0.1, 0.15) is 77.6 Å². The number of ketones is 2. The number of hydrogen-bond acceptors (Lipinski definition) is 2. The van der Waals surface area contributed by atoms with Crippen molar-refractivity contribution in [2.45, 2.75) is 77.6 Å². The summed E-state index contributed by atoms with van der Waals surface area (Å²) in [6.45, 7) is 5.79. The van der Waals surface area contributed by atoms with Crippen molar-refractivity contribution in [1.82, 2.24) is 0 Å². The summed E-state index contributed by atoms with van der Waals surface area (Å²) in [5.74, 6) is 0.881. The highest BCUT2D eigenvalue weighted by Gasteiger charge is 2.18. The molecule has 124 valence electrons. The fourth-order valence-electron chi connectivity index (χ4n) is 3.07. The summed E-state index contributed by atoms with van der Waals surface area (Å²) in [6.07, 6.45) is 16.4. The fraction of sp³-hybridized carbons (Fsp3) is 0.700. The second kappa shape index (κ2) is 11.4. The van der Waals surface area contributed by atoms with Crippen LogP contribution in [0.5, 0.6) is 0 Å². The summed E-state index contributed by atoms with van der Waals surface area (Å²) in [5.41, 5.74) is 0. The molecule has 0 radical (unpaired) electrons. The lowest BCUT2D eigenvalue weighted by Crippen LogP contribution is -2.16. The minimum Gasteiger partial charge on any atom is -0.299 e.